The molecule has 0 aromatic heterocycles. The molecule has 3 saturated carbocycles. The second-order valence-corrected chi connectivity index (χ2v) is 11.4. The Kier molecular flexibility index (Phi) is 5.89. The molecule has 31 heavy (non-hydrogen) atoms. The van der Waals surface area contributed by atoms with Gasteiger partial charge in [0.05, 0.1) is 23.2 Å². The van der Waals surface area contributed by atoms with E-state index in [2.05, 4.69) is 10.0 Å². The molecular weight excluding hydrogens is 422 g/mol. The van der Waals surface area contributed by atoms with Crippen molar-refractivity contribution in [3.8, 4) is 0 Å². The van der Waals surface area contributed by atoms with Gasteiger partial charge in [-0.15, -0.1) is 0 Å². The summed E-state index contributed by atoms with van der Waals surface area (Å²) in [7, 11) is -2.04. The summed E-state index contributed by atoms with van der Waals surface area (Å²) in [6.07, 6.45) is 7.27. The molecule has 1 heterocycles. The third-order valence-corrected chi connectivity index (χ3v) is 8.83. The number of aliphatic hydroxyl groups is 1. The van der Waals surface area contributed by atoms with Gasteiger partial charge in [0, 0.05) is 19.5 Å². The standard InChI is InChI=1S/C21H31N3O6S/c1-24-9-5-3-2-4-6-13-12-21(13,20(28)23-31(29,30)15-7-8-15)22-18(26)16-10-14(25)11-17(16)19(24)27/h4,6,13-17,25H,2-3,5,7-12H2,1H3,(H,22,26)(H,23,28)/t13-,14-,16-,17-,21-/m1/s1. The normalized spacial score (nSPS) is 36.8. The number of allylic oxidation sites excluding steroid dienone is 1. The fraction of sp³-hybridized carbons (Fsp3) is 0.762. The van der Waals surface area contributed by atoms with Crippen LogP contribution in [0.2, 0.25) is 0 Å². The topological polar surface area (TPSA) is 133 Å². The fourth-order valence-electron chi connectivity index (χ4n) is 4.81. The lowest BCUT2D eigenvalue weighted by molar-refractivity contribution is -0.140. The first-order valence-electron chi connectivity index (χ1n) is 11.1. The zero-order valence-electron chi connectivity index (χ0n) is 17.7. The van der Waals surface area contributed by atoms with Gasteiger partial charge in [0.25, 0.3) is 5.91 Å². The highest BCUT2D eigenvalue weighted by Gasteiger charge is 2.62. The van der Waals surface area contributed by atoms with Crippen molar-refractivity contribution >= 4 is 27.7 Å². The molecule has 3 N–H and O–H groups in total. The Bertz CT molecular complexity index is 899. The Morgan fingerprint density at radius 2 is 1.94 bits per heavy atom. The summed E-state index contributed by atoms with van der Waals surface area (Å²) in [5, 5.41) is 12.4. The molecule has 5 atom stereocenters. The van der Waals surface area contributed by atoms with Crippen molar-refractivity contribution in [2.45, 2.75) is 68.3 Å². The van der Waals surface area contributed by atoms with Crippen LogP contribution in [-0.2, 0) is 24.4 Å². The summed E-state index contributed by atoms with van der Waals surface area (Å²) < 4.78 is 26.8. The van der Waals surface area contributed by atoms with Crippen molar-refractivity contribution < 1.29 is 27.9 Å². The molecule has 3 amide bonds. The molecule has 0 aromatic carbocycles. The van der Waals surface area contributed by atoms with Crippen LogP contribution in [0.15, 0.2) is 12.2 Å². The summed E-state index contributed by atoms with van der Waals surface area (Å²) >= 11 is 0. The molecule has 3 aliphatic carbocycles. The number of rotatable bonds is 3. The lowest BCUT2D eigenvalue weighted by atomic mass is 9.93. The van der Waals surface area contributed by atoms with Gasteiger partial charge in [-0.05, 0) is 51.4 Å². The van der Waals surface area contributed by atoms with E-state index in [0.29, 0.717) is 25.8 Å². The summed E-state index contributed by atoms with van der Waals surface area (Å²) in [5.41, 5.74) is -1.33. The molecule has 4 rings (SSSR count). The Labute approximate surface area is 182 Å². The minimum Gasteiger partial charge on any atom is -0.393 e. The Hall–Kier alpha value is -1.94. The first kappa shape index (κ1) is 22.3. The van der Waals surface area contributed by atoms with Crippen LogP contribution in [0, 0.1) is 17.8 Å². The van der Waals surface area contributed by atoms with E-state index in [0.717, 1.165) is 19.3 Å². The van der Waals surface area contributed by atoms with Gasteiger partial charge in [0.2, 0.25) is 21.8 Å². The molecule has 1 aliphatic heterocycles. The largest absolute Gasteiger partial charge is 0.393 e. The predicted octanol–water partition coefficient (Wildman–Crippen LogP) is 0.0553. The predicted molar refractivity (Wildman–Crippen MR) is 112 cm³/mol. The van der Waals surface area contributed by atoms with E-state index in [4.69, 9.17) is 0 Å². The molecule has 3 fully saturated rings. The van der Waals surface area contributed by atoms with E-state index in [-0.39, 0.29) is 24.7 Å². The maximum atomic E-state index is 13.2. The minimum absolute atomic E-state index is 0.147. The highest BCUT2D eigenvalue weighted by Crippen LogP contribution is 2.46. The van der Waals surface area contributed by atoms with E-state index >= 15 is 0 Å². The molecule has 0 aromatic rings. The lowest BCUT2D eigenvalue weighted by Crippen LogP contribution is -2.54. The van der Waals surface area contributed by atoms with Crippen molar-refractivity contribution in [2.24, 2.45) is 17.8 Å². The lowest BCUT2D eigenvalue weighted by Gasteiger charge is -2.26. The number of nitrogens with one attached hydrogen (secondary N) is 2. The van der Waals surface area contributed by atoms with E-state index in [9.17, 15) is 27.9 Å². The van der Waals surface area contributed by atoms with Gasteiger partial charge in [-0.1, -0.05) is 12.2 Å². The Morgan fingerprint density at radius 3 is 2.65 bits per heavy atom. The van der Waals surface area contributed by atoms with Crippen molar-refractivity contribution in [3.05, 3.63) is 12.2 Å². The maximum Gasteiger partial charge on any atom is 0.259 e. The van der Waals surface area contributed by atoms with Crippen molar-refractivity contribution in [2.75, 3.05) is 13.6 Å². The second kappa shape index (κ2) is 8.20. The van der Waals surface area contributed by atoms with Gasteiger partial charge < -0.3 is 15.3 Å². The highest BCUT2D eigenvalue weighted by atomic mass is 32.2. The Balaban J connectivity index is 1.58. The smallest absolute Gasteiger partial charge is 0.259 e. The average molecular weight is 454 g/mol. The summed E-state index contributed by atoms with van der Waals surface area (Å²) in [6, 6.07) is 0. The molecule has 4 aliphatic rings. The van der Waals surface area contributed by atoms with E-state index in [1.165, 1.54) is 0 Å². The van der Waals surface area contributed by atoms with Gasteiger partial charge in [-0.3, -0.25) is 19.1 Å². The number of aliphatic hydroxyl groups excluding tert-OH is 1. The van der Waals surface area contributed by atoms with Crippen LogP contribution in [0.3, 0.4) is 0 Å². The SMILES string of the molecule is CN1CCCCC=C[C@@H]2C[C@@]2(C(=O)NS(=O)(=O)C2CC2)NC(=O)[C@@H]2C[C@@H](O)C[C@H]2C1=O. The zero-order chi connectivity index (χ0) is 22.4. The van der Waals surface area contributed by atoms with Crippen LogP contribution in [-0.4, -0.2) is 66.6 Å². The van der Waals surface area contributed by atoms with Crippen LogP contribution in [0.25, 0.3) is 0 Å². The summed E-state index contributed by atoms with van der Waals surface area (Å²) in [6.45, 7) is 0.586. The van der Waals surface area contributed by atoms with Crippen LogP contribution in [0.5, 0.6) is 0 Å². The number of amides is 3. The number of fused-ring (bicyclic) bond motifs is 2. The zero-order valence-corrected chi connectivity index (χ0v) is 18.6. The van der Waals surface area contributed by atoms with Crippen molar-refractivity contribution in [3.63, 3.8) is 0 Å². The number of carbonyl (C=O) groups is 3. The van der Waals surface area contributed by atoms with Crippen LogP contribution in [0.4, 0.5) is 0 Å². The van der Waals surface area contributed by atoms with E-state index in [1.54, 1.807) is 11.9 Å². The molecule has 0 bridgehead atoms. The first-order valence-corrected chi connectivity index (χ1v) is 12.7. The molecule has 0 saturated heterocycles. The monoisotopic (exact) mass is 453 g/mol. The minimum atomic E-state index is -3.74. The number of hydrogen-bond acceptors (Lipinski definition) is 6. The van der Waals surface area contributed by atoms with Crippen LogP contribution >= 0.6 is 0 Å². The van der Waals surface area contributed by atoms with E-state index < -0.39 is 50.6 Å². The maximum absolute atomic E-state index is 13.2. The number of hydrogen-bond donors (Lipinski definition) is 3. The van der Waals surface area contributed by atoms with E-state index in [1.807, 2.05) is 12.2 Å². The highest BCUT2D eigenvalue weighted by molar-refractivity contribution is 7.91. The van der Waals surface area contributed by atoms with Crippen molar-refractivity contribution in [1.29, 1.82) is 0 Å². The van der Waals surface area contributed by atoms with Crippen molar-refractivity contribution in [1.82, 2.24) is 14.9 Å². The van der Waals surface area contributed by atoms with Gasteiger partial charge in [0.1, 0.15) is 5.54 Å². The molecule has 0 radical (unpaired) electrons. The third kappa shape index (κ3) is 4.50. The summed E-state index contributed by atoms with van der Waals surface area (Å²) in [4.78, 5) is 40.7. The number of nitrogens with zero attached hydrogens (tertiary/aromatic N) is 1. The molecule has 9 nitrogen and oxygen atoms in total. The quantitative estimate of drug-likeness (QED) is 0.518. The molecule has 172 valence electrons. The number of sulfonamides is 1. The van der Waals surface area contributed by atoms with Gasteiger partial charge >= 0.3 is 0 Å². The Morgan fingerprint density at radius 1 is 1.23 bits per heavy atom. The third-order valence-electron chi connectivity index (χ3n) is 7.01. The summed E-state index contributed by atoms with van der Waals surface area (Å²) in [5.74, 6) is -3.06. The molecule has 0 spiro atoms. The average Bonchev–Trinajstić information content (AvgIpc) is 3.61. The van der Waals surface area contributed by atoms with Gasteiger partial charge in [-0.25, -0.2) is 8.42 Å². The second-order valence-electron chi connectivity index (χ2n) is 9.47. The molecule has 0 unspecified atom stereocenters. The number of carbonyl (C=O) groups excluding carboxylic acids is 3. The van der Waals surface area contributed by atoms with Crippen LogP contribution < -0.4 is 10.0 Å². The van der Waals surface area contributed by atoms with Crippen LogP contribution in [0.1, 0.15) is 51.4 Å². The van der Waals surface area contributed by atoms with Gasteiger partial charge in [0.15, 0.2) is 0 Å². The molecular formula is C21H31N3O6S. The van der Waals surface area contributed by atoms with Gasteiger partial charge in [-0.2, -0.15) is 0 Å². The molecule has 10 heteroatoms. The fourth-order valence-corrected chi connectivity index (χ4v) is 6.18. The first-order chi connectivity index (χ1) is 14.6.